The number of carbonyl (C=O) groups excluding carboxylic acids is 2. The molecule has 3 aromatic carbocycles. The molecule has 0 saturated carbocycles. The normalized spacial score (nSPS) is 17.4. The third kappa shape index (κ3) is 3.88. The van der Waals surface area contributed by atoms with Crippen LogP contribution in [0, 0.1) is 13.8 Å². The number of aryl methyl sites for hydroxylation is 2. The molecule has 1 saturated heterocycles. The molecule has 6 nitrogen and oxygen atoms in total. The molecule has 5 rings (SSSR count). The quantitative estimate of drug-likeness (QED) is 0.232. The van der Waals surface area contributed by atoms with Crippen molar-refractivity contribution in [2.45, 2.75) is 19.9 Å². The van der Waals surface area contributed by atoms with Gasteiger partial charge in [0.15, 0.2) is 5.13 Å². The summed E-state index contributed by atoms with van der Waals surface area (Å²) in [4.78, 5) is 35.0. The summed E-state index contributed by atoms with van der Waals surface area (Å²) in [5, 5.41) is 11.7. The predicted octanol–water partition coefficient (Wildman–Crippen LogP) is 5.61. The Kier molecular flexibility index (Phi) is 5.65. The Labute approximate surface area is 207 Å². The molecule has 0 radical (unpaired) electrons. The minimum Gasteiger partial charge on any atom is -0.507 e. The number of nitrogens with zero attached hydrogens (tertiary/aromatic N) is 3. The van der Waals surface area contributed by atoms with E-state index >= 15 is 0 Å². The Morgan fingerprint density at radius 3 is 2.34 bits per heavy atom. The number of amides is 1. The van der Waals surface area contributed by atoms with Crippen molar-refractivity contribution in [1.82, 2.24) is 4.98 Å². The molecule has 0 spiro atoms. The zero-order valence-electron chi connectivity index (χ0n) is 19.9. The van der Waals surface area contributed by atoms with E-state index < -0.39 is 17.7 Å². The zero-order valence-corrected chi connectivity index (χ0v) is 20.8. The minimum absolute atomic E-state index is 0.0611. The van der Waals surface area contributed by atoms with Gasteiger partial charge in [-0.25, -0.2) is 4.98 Å². The lowest BCUT2D eigenvalue weighted by Gasteiger charge is -2.23. The van der Waals surface area contributed by atoms with Crippen molar-refractivity contribution in [2.24, 2.45) is 0 Å². The Morgan fingerprint density at radius 2 is 1.69 bits per heavy atom. The van der Waals surface area contributed by atoms with Crippen LogP contribution in [0.1, 0.15) is 28.3 Å². The van der Waals surface area contributed by atoms with Gasteiger partial charge in [0, 0.05) is 25.3 Å². The Bertz CT molecular complexity index is 1490. The first-order chi connectivity index (χ1) is 16.8. The zero-order chi connectivity index (χ0) is 24.9. The van der Waals surface area contributed by atoms with E-state index in [4.69, 9.17) is 4.98 Å². The predicted molar refractivity (Wildman–Crippen MR) is 141 cm³/mol. The van der Waals surface area contributed by atoms with Crippen molar-refractivity contribution in [3.63, 3.8) is 0 Å². The average molecular weight is 484 g/mol. The second kappa shape index (κ2) is 8.67. The molecule has 1 unspecified atom stereocenters. The van der Waals surface area contributed by atoms with Gasteiger partial charge in [0.05, 0.1) is 21.8 Å². The molecule has 4 aromatic rings. The molecule has 1 atom stereocenters. The third-order valence-corrected chi connectivity index (χ3v) is 7.24. The summed E-state index contributed by atoms with van der Waals surface area (Å²) in [5.74, 6) is -1.61. The van der Waals surface area contributed by atoms with E-state index in [1.807, 2.05) is 75.3 Å². The van der Waals surface area contributed by atoms with E-state index in [1.165, 1.54) is 16.2 Å². The summed E-state index contributed by atoms with van der Waals surface area (Å²) in [6.07, 6.45) is 0. The van der Waals surface area contributed by atoms with Crippen LogP contribution >= 0.6 is 11.3 Å². The lowest BCUT2D eigenvalue weighted by atomic mass is 9.95. The molecule has 2 heterocycles. The maximum absolute atomic E-state index is 13.4. The lowest BCUT2D eigenvalue weighted by Crippen LogP contribution is -2.29. The maximum atomic E-state index is 13.4. The van der Waals surface area contributed by atoms with Gasteiger partial charge >= 0.3 is 5.91 Å². The molecule has 1 amide bonds. The van der Waals surface area contributed by atoms with Crippen molar-refractivity contribution in [2.75, 3.05) is 23.9 Å². The summed E-state index contributed by atoms with van der Waals surface area (Å²) in [5.41, 5.74) is 5.17. The van der Waals surface area contributed by atoms with Crippen molar-refractivity contribution in [1.29, 1.82) is 0 Å². The highest BCUT2D eigenvalue weighted by Gasteiger charge is 2.48. The minimum atomic E-state index is -0.798. The fourth-order valence-corrected chi connectivity index (χ4v) is 5.68. The smallest absolute Gasteiger partial charge is 0.301 e. The van der Waals surface area contributed by atoms with Gasteiger partial charge in [-0.2, -0.15) is 0 Å². The second-order valence-electron chi connectivity index (χ2n) is 8.95. The summed E-state index contributed by atoms with van der Waals surface area (Å²) in [6.45, 7) is 4.00. The van der Waals surface area contributed by atoms with E-state index in [-0.39, 0.29) is 11.3 Å². The molecular weight excluding hydrogens is 458 g/mol. The van der Waals surface area contributed by atoms with E-state index in [1.54, 1.807) is 24.3 Å². The van der Waals surface area contributed by atoms with E-state index in [9.17, 15) is 14.7 Å². The van der Waals surface area contributed by atoms with Gasteiger partial charge in [0.2, 0.25) is 0 Å². The van der Waals surface area contributed by atoms with Crippen LogP contribution < -0.4 is 9.80 Å². The molecule has 1 fully saturated rings. The van der Waals surface area contributed by atoms with Crippen LogP contribution in [0.4, 0.5) is 10.8 Å². The van der Waals surface area contributed by atoms with Gasteiger partial charge in [0.25, 0.3) is 5.78 Å². The lowest BCUT2D eigenvalue weighted by molar-refractivity contribution is -0.132. The first-order valence-corrected chi connectivity index (χ1v) is 12.1. The number of benzene rings is 3. The number of carbonyl (C=O) groups is 2. The Morgan fingerprint density at radius 1 is 1.00 bits per heavy atom. The molecule has 1 N–H and O–H groups in total. The first-order valence-electron chi connectivity index (χ1n) is 11.3. The summed E-state index contributed by atoms with van der Waals surface area (Å²) < 4.78 is 0.948. The van der Waals surface area contributed by atoms with Gasteiger partial charge in [-0.3, -0.25) is 14.5 Å². The van der Waals surface area contributed by atoms with E-state index in [0.717, 1.165) is 32.6 Å². The number of hydrogen-bond donors (Lipinski definition) is 1. The van der Waals surface area contributed by atoms with Crippen LogP contribution in [-0.2, 0) is 9.59 Å². The molecule has 1 aliphatic rings. The topological polar surface area (TPSA) is 73.7 Å². The average Bonchev–Trinajstić information content (AvgIpc) is 3.38. The van der Waals surface area contributed by atoms with Gasteiger partial charge in [-0.1, -0.05) is 59.9 Å². The fourth-order valence-electron chi connectivity index (χ4n) is 4.51. The summed E-state index contributed by atoms with van der Waals surface area (Å²) in [6, 6.07) is 19.8. The third-order valence-electron chi connectivity index (χ3n) is 6.24. The first kappa shape index (κ1) is 22.8. The van der Waals surface area contributed by atoms with Crippen LogP contribution in [0.2, 0.25) is 0 Å². The number of hydrogen-bond acceptors (Lipinski definition) is 6. The SMILES string of the molecule is Cc1cc(C)c2nc(N3C(=O)C(=O)/C(=C(/O)c4ccccc4)C3c3ccc(N(C)C)cc3)sc2c1. The standard InChI is InChI=1S/C28H25N3O3S/c1-16-14-17(2)23-21(15-16)35-28(29-23)31-24(18-10-12-20(13-11-18)30(3)4)22(26(33)27(31)34)25(32)19-8-6-5-7-9-19/h5-15,24,32H,1-4H3/b25-22+. The Hall–Kier alpha value is -3.97. The van der Waals surface area contributed by atoms with Crippen LogP contribution in [0.5, 0.6) is 0 Å². The van der Waals surface area contributed by atoms with Gasteiger partial charge in [-0.05, 0) is 48.7 Å². The van der Waals surface area contributed by atoms with Crippen LogP contribution in [0.15, 0.2) is 72.3 Å². The van der Waals surface area contributed by atoms with Crippen LogP contribution in [0.25, 0.3) is 16.0 Å². The summed E-state index contributed by atoms with van der Waals surface area (Å²) >= 11 is 1.37. The number of aromatic nitrogens is 1. The van der Waals surface area contributed by atoms with Crippen molar-refractivity contribution < 1.29 is 14.7 Å². The summed E-state index contributed by atoms with van der Waals surface area (Å²) in [7, 11) is 3.89. The number of anilines is 2. The molecule has 1 aromatic heterocycles. The number of Topliss-reactive ketones (excluding diaryl/α,β-unsaturated/α-hetero) is 1. The van der Waals surface area contributed by atoms with Gasteiger partial charge < -0.3 is 10.0 Å². The van der Waals surface area contributed by atoms with E-state index in [2.05, 4.69) is 0 Å². The number of fused-ring (bicyclic) bond motifs is 1. The molecule has 0 bridgehead atoms. The fraction of sp³-hybridized carbons (Fsp3) is 0.179. The molecule has 1 aliphatic heterocycles. The number of ketones is 1. The van der Waals surface area contributed by atoms with Crippen molar-refractivity contribution in [3.05, 3.63) is 94.6 Å². The van der Waals surface area contributed by atoms with Crippen LogP contribution in [0.3, 0.4) is 0 Å². The monoisotopic (exact) mass is 483 g/mol. The van der Waals surface area contributed by atoms with E-state index in [0.29, 0.717) is 10.7 Å². The van der Waals surface area contributed by atoms with Gasteiger partial charge in [0.1, 0.15) is 5.76 Å². The Balaban J connectivity index is 1.73. The number of aliphatic hydroxyl groups is 1. The number of rotatable bonds is 4. The molecule has 7 heteroatoms. The highest BCUT2D eigenvalue weighted by molar-refractivity contribution is 7.22. The molecule has 176 valence electrons. The maximum Gasteiger partial charge on any atom is 0.301 e. The molecular formula is C28H25N3O3S. The number of thiazole rings is 1. The van der Waals surface area contributed by atoms with Crippen LogP contribution in [-0.4, -0.2) is 35.9 Å². The largest absolute Gasteiger partial charge is 0.507 e. The van der Waals surface area contributed by atoms with Crippen molar-refractivity contribution >= 4 is 49.8 Å². The highest BCUT2D eigenvalue weighted by atomic mass is 32.1. The van der Waals surface area contributed by atoms with Gasteiger partial charge in [-0.15, -0.1) is 0 Å². The second-order valence-corrected chi connectivity index (χ2v) is 9.96. The van der Waals surface area contributed by atoms with Crippen molar-refractivity contribution in [3.8, 4) is 0 Å². The number of aliphatic hydroxyl groups excluding tert-OH is 1. The molecule has 0 aliphatic carbocycles. The highest BCUT2D eigenvalue weighted by Crippen LogP contribution is 2.45. The molecule has 35 heavy (non-hydrogen) atoms.